The number of hydrogen-bond acceptors (Lipinski definition) is 1. The van der Waals surface area contributed by atoms with E-state index >= 15 is 0 Å². The second kappa shape index (κ2) is 4.20. The molecule has 0 saturated carbocycles. The second-order valence-electron chi connectivity index (χ2n) is 5.80. The molecule has 1 fully saturated rings. The molecule has 0 spiro atoms. The number of rotatable bonds is 3. The normalized spacial score (nSPS) is 23.5. The minimum atomic E-state index is -4.38. The Kier molecular flexibility index (Phi) is 3.16. The van der Waals surface area contributed by atoms with Crippen LogP contribution in [0.3, 0.4) is 0 Å². The van der Waals surface area contributed by atoms with Gasteiger partial charge in [-0.15, -0.1) is 0 Å². The summed E-state index contributed by atoms with van der Waals surface area (Å²) in [4.78, 5) is 0. The highest BCUT2D eigenvalue weighted by Crippen LogP contribution is 2.51. The fourth-order valence-corrected chi connectivity index (χ4v) is 2.59. The van der Waals surface area contributed by atoms with Crippen molar-refractivity contribution in [2.75, 3.05) is 6.61 Å². The van der Waals surface area contributed by atoms with E-state index in [9.17, 15) is 17.6 Å². The van der Waals surface area contributed by atoms with Crippen molar-refractivity contribution in [2.24, 2.45) is 0 Å². The molecule has 0 aliphatic carbocycles. The topological polar surface area (TPSA) is 12.5 Å². The van der Waals surface area contributed by atoms with Crippen LogP contribution in [-0.2, 0) is 10.2 Å². The molecule has 1 heterocycles. The molecule has 5 heteroatoms. The summed E-state index contributed by atoms with van der Waals surface area (Å²) in [6.07, 6.45) is -4.58. The van der Waals surface area contributed by atoms with Crippen molar-refractivity contribution in [3.05, 3.63) is 35.1 Å². The third kappa shape index (κ3) is 2.61. The molecule has 0 amide bonds. The smallest absolute Gasteiger partial charge is 0.360 e. The van der Waals surface area contributed by atoms with E-state index in [1.807, 2.05) is 0 Å². The van der Waals surface area contributed by atoms with Gasteiger partial charge in [0.05, 0.1) is 6.61 Å². The molecule has 1 aliphatic heterocycles. The van der Waals surface area contributed by atoms with Crippen molar-refractivity contribution < 1.29 is 22.3 Å². The molecule has 106 valence electrons. The van der Waals surface area contributed by atoms with Gasteiger partial charge in [-0.25, -0.2) is 4.39 Å². The number of aryl methyl sites for hydroxylation is 1. The molecule has 0 aromatic heterocycles. The van der Waals surface area contributed by atoms with Gasteiger partial charge in [0, 0.05) is 0 Å². The molecule has 1 nitrogen and oxygen atoms in total. The standard InChI is InChI=1S/C14H16F4O/c1-9-4-5-10(15)6-11(9)12(2,3)7-13(8-19-13)14(16,17)18/h4-6H,7-8H2,1-3H3. The van der Waals surface area contributed by atoms with E-state index in [1.165, 1.54) is 12.1 Å². The van der Waals surface area contributed by atoms with E-state index in [1.54, 1.807) is 26.8 Å². The van der Waals surface area contributed by atoms with E-state index in [0.717, 1.165) is 5.56 Å². The van der Waals surface area contributed by atoms with Crippen molar-refractivity contribution in [1.82, 2.24) is 0 Å². The number of alkyl halides is 3. The third-order valence-electron chi connectivity index (χ3n) is 3.67. The van der Waals surface area contributed by atoms with E-state index in [2.05, 4.69) is 4.74 Å². The number of epoxide rings is 1. The lowest BCUT2D eigenvalue weighted by Gasteiger charge is -2.31. The minimum Gasteiger partial charge on any atom is -0.360 e. The molecular weight excluding hydrogens is 260 g/mol. The van der Waals surface area contributed by atoms with Gasteiger partial charge in [0.2, 0.25) is 0 Å². The van der Waals surface area contributed by atoms with Crippen molar-refractivity contribution in [3.63, 3.8) is 0 Å². The summed E-state index contributed by atoms with van der Waals surface area (Å²) in [6, 6.07) is 4.20. The second-order valence-corrected chi connectivity index (χ2v) is 5.80. The first-order valence-corrected chi connectivity index (χ1v) is 6.05. The lowest BCUT2D eigenvalue weighted by atomic mass is 9.75. The third-order valence-corrected chi connectivity index (χ3v) is 3.67. The number of hydrogen-bond donors (Lipinski definition) is 0. The maximum Gasteiger partial charge on any atom is 0.419 e. The number of benzene rings is 1. The maximum absolute atomic E-state index is 13.3. The molecule has 1 aromatic rings. The SMILES string of the molecule is Cc1ccc(F)cc1C(C)(C)CC1(C(F)(F)F)CO1. The Labute approximate surface area is 109 Å². The van der Waals surface area contributed by atoms with Crippen LogP contribution in [0, 0.1) is 12.7 Å². The monoisotopic (exact) mass is 276 g/mol. The van der Waals surface area contributed by atoms with Crippen molar-refractivity contribution in [2.45, 2.75) is 44.4 Å². The van der Waals surface area contributed by atoms with Gasteiger partial charge in [0.15, 0.2) is 5.60 Å². The molecule has 0 bridgehead atoms. The first-order chi connectivity index (χ1) is 8.57. The van der Waals surface area contributed by atoms with Crippen LogP contribution >= 0.6 is 0 Å². The lowest BCUT2D eigenvalue weighted by molar-refractivity contribution is -0.188. The van der Waals surface area contributed by atoms with Gasteiger partial charge >= 0.3 is 6.18 Å². The molecule has 2 rings (SSSR count). The maximum atomic E-state index is 13.3. The first-order valence-electron chi connectivity index (χ1n) is 6.05. The molecule has 1 unspecified atom stereocenters. The van der Waals surface area contributed by atoms with Gasteiger partial charge in [-0.3, -0.25) is 0 Å². The van der Waals surface area contributed by atoms with Gasteiger partial charge in [-0.2, -0.15) is 13.2 Å². The highest BCUT2D eigenvalue weighted by Gasteiger charge is 2.67. The molecule has 1 aliphatic rings. The van der Waals surface area contributed by atoms with Gasteiger partial charge in [-0.05, 0) is 42.0 Å². The fourth-order valence-electron chi connectivity index (χ4n) is 2.59. The highest BCUT2D eigenvalue weighted by molar-refractivity contribution is 5.34. The van der Waals surface area contributed by atoms with Crippen LogP contribution in [0.4, 0.5) is 17.6 Å². The zero-order valence-electron chi connectivity index (χ0n) is 11.1. The van der Waals surface area contributed by atoms with Crippen molar-refractivity contribution in [3.8, 4) is 0 Å². The lowest BCUT2D eigenvalue weighted by Crippen LogP contribution is -2.39. The summed E-state index contributed by atoms with van der Waals surface area (Å²) in [5.41, 5.74) is -1.50. The van der Waals surface area contributed by atoms with Crippen molar-refractivity contribution >= 4 is 0 Å². The van der Waals surface area contributed by atoms with Gasteiger partial charge in [0.25, 0.3) is 0 Å². The summed E-state index contributed by atoms with van der Waals surface area (Å²) in [5, 5.41) is 0. The predicted octanol–water partition coefficient (Wildman–Crippen LogP) is 4.13. The van der Waals surface area contributed by atoms with Crippen molar-refractivity contribution in [1.29, 1.82) is 0 Å². The quantitative estimate of drug-likeness (QED) is 0.597. The Morgan fingerprint density at radius 2 is 1.84 bits per heavy atom. The summed E-state index contributed by atoms with van der Waals surface area (Å²) >= 11 is 0. The fraction of sp³-hybridized carbons (Fsp3) is 0.571. The van der Waals surface area contributed by atoms with Crippen LogP contribution < -0.4 is 0 Å². The largest absolute Gasteiger partial charge is 0.419 e. The zero-order chi connectivity index (χ0) is 14.5. The Morgan fingerprint density at radius 1 is 1.26 bits per heavy atom. The number of ether oxygens (including phenoxy) is 1. The molecule has 1 atom stereocenters. The van der Waals surface area contributed by atoms with E-state index in [0.29, 0.717) is 5.56 Å². The van der Waals surface area contributed by atoms with Gasteiger partial charge < -0.3 is 4.74 Å². The van der Waals surface area contributed by atoms with Crippen LogP contribution in [0.5, 0.6) is 0 Å². The average Bonchev–Trinajstić information content (AvgIpc) is 3.01. The summed E-state index contributed by atoms with van der Waals surface area (Å²) < 4.78 is 56.7. The van der Waals surface area contributed by atoms with Crippen LogP contribution in [-0.4, -0.2) is 18.4 Å². The van der Waals surface area contributed by atoms with E-state index in [-0.39, 0.29) is 13.0 Å². The molecular formula is C14H16F4O. The molecule has 1 saturated heterocycles. The Morgan fingerprint density at radius 3 is 2.32 bits per heavy atom. The average molecular weight is 276 g/mol. The Bertz CT molecular complexity index is 487. The molecule has 0 N–H and O–H groups in total. The van der Waals surface area contributed by atoms with Crippen LogP contribution in [0.25, 0.3) is 0 Å². The summed E-state index contributed by atoms with van der Waals surface area (Å²) in [5.74, 6) is -0.438. The van der Waals surface area contributed by atoms with Crippen LogP contribution in [0.1, 0.15) is 31.4 Å². The molecule has 0 radical (unpaired) electrons. The highest BCUT2D eigenvalue weighted by atomic mass is 19.4. The zero-order valence-corrected chi connectivity index (χ0v) is 11.1. The Balaban J connectivity index is 2.31. The summed E-state index contributed by atoms with van der Waals surface area (Å²) in [6.45, 7) is 4.83. The van der Waals surface area contributed by atoms with Gasteiger partial charge in [0.1, 0.15) is 5.82 Å². The Hall–Kier alpha value is -1.10. The molecule has 1 aromatic carbocycles. The summed E-state index contributed by atoms with van der Waals surface area (Å²) in [7, 11) is 0. The number of halogens is 4. The van der Waals surface area contributed by atoms with E-state index in [4.69, 9.17) is 0 Å². The van der Waals surface area contributed by atoms with Crippen LogP contribution in [0.15, 0.2) is 18.2 Å². The van der Waals surface area contributed by atoms with Gasteiger partial charge in [-0.1, -0.05) is 19.9 Å². The molecule has 19 heavy (non-hydrogen) atoms. The minimum absolute atomic E-state index is 0.201. The van der Waals surface area contributed by atoms with E-state index < -0.39 is 23.0 Å². The van der Waals surface area contributed by atoms with Crippen LogP contribution in [0.2, 0.25) is 0 Å². The predicted molar refractivity (Wildman–Crippen MR) is 63.5 cm³/mol. The first kappa shape index (κ1) is 14.3.